The van der Waals surface area contributed by atoms with Crippen LogP contribution in [0.3, 0.4) is 0 Å². The Bertz CT molecular complexity index is 369. The molecule has 0 fully saturated rings. The minimum absolute atomic E-state index is 0.115. The lowest BCUT2D eigenvalue weighted by Crippen LogP contribution is -2.28. The highest BCUT2D eigenvalue weighted by Crippen LogP contribution is 2.24. The van der Waals surface area contributed by atoms with Gasteiger partial charge in [0.2, 0.25) is 5.91 Å². The number of amides is 1. The smallest absolute Gasteiger partial charge is 0.345 e. The van der Waals surface area contributed by atoms with Crippen molar-refractivity contribution < 1.29 is 18.0 Å². The number of hydrogen-bond acceptors (Lipinski definition) is 2. The van der Waals surface area contributed by atoms with E-state index in [0.29, 0.717) is 6.08 Å². The first-order valence-electron chi connectivity index (χ1n) is 4.49. The number of hydrogen-bond donors (Lipinski definition) is 1. The van der Waals surface area contributed by atoms with Crippen molar-refractivity contribution in [1.82, 2.24) is 5.32 Å². The molecule has 94 valence electrons. The summed E-state index contributed by atoms with van der Waals surface area (Å²) in [5.74, 6) is -0.716. The SMILES string of the molecule is C=C/N=C(/CNC(=O)/C=C(\C)C(F)(F)F)N=C. The zero-order chi connectivity index (χ0) is 13.5. The molecule has 0 unspecified atom stereocenters. The van der Waals surface area contributed by atoms with Gasteiger partial charge in [-0.25, -0.2) is 9.98 Å². The lowest BCUT2D eigenvalue weighted by molar-refractivity contribution is -0.117. The normalized spacial score (nSPS) is 13.2. The second kappa shape index (κ2) is 6.62. The lowest BCUT2D eigenvalue weighted by Gasteiger charge is -2.06. The molecule has 0 aromatic rings. The first kappa shape index (κ1) is 15.1. The van der Waals surface area contributed by atoms with E-state index in [-0.39, 0.29) is 12.4 Å². The fourth-order valence-corrected chi connectivity index (χ4v) is 0.743. The Morgan fingerprint density at radius 2 is 2.06 bits per heavy atom. The Labute approximate surface area is 96.6 Å². The Hall–Kier alpha value is -1.92. The molecule has 0 aromatic carbocycles. The molecule has 0 saturated heterocycles. The Morgan fingerprint density at radius 1 is 1.47 bits per heavy atom. The molecule has 0 radical (unpaired) electrons. The minimum atomic E-state index is -4.51. The Morgan fingerprint density at radius 3 is 2.47 bits per heavy atom. The molecule has 0 saturated carbocycles. The number of amidine groups is 1. The number of aliphatic imine (C=N–C) groups is 2. The summed E-state index contributed by atoms with van der Waals surface area (Å²) in [6, 6.07) is 0. The van der Waals surface area contributed by atoms with Gasteiger partial charge in [0, 0.05) is 17.8 Å². The van der Waals surface area contributed by atoms with Crippen molar-refractivity contribution >= 4 is 18.5 Å². The van der Waals surface area contributed by atoms with E-state index < -0.39 is 17.7 Å². The van der Waals surface area contributed by atoms with E-state index in [2.05, 4.69) is 28.6 Å². The third-order valence-corrected chi connectivity index (χ3v) is 1.64. The first-order valence-corrected chi connectivity index (χ1v) is 4.49. The molecule has 0 aliphatic carbocycles. The summed E-state index contributed by atoms with van der Waals surface area (Å²) in [6.45, 7) is 7.18. The molecule has 0 bridgehead atoms. The third-order valence-electron chi connectivity index (χ3n) is 1.64. The van der Waals surface area contributed by atoms with Gasteiger partial charge in [0.25, 0.3) is 0 Å². The second-order valence-electron chi connectivity index (χ2n) is 2.93. The molecule has 7 heteroatoms. The van der Waals surface area contributed by atoms with Gasteiger partial charge in [-0.15, -0.1) is 0 Å². The zero-order valence-electron chi connectivity index (χ0n) is 9.21. The Kier molecular flexibility index (Phi) is 5.87. The van der Waals surface area contributed by atoms with E-state index in [4.69, 9.17) is 0 Å². The molecule has 1 amide bonds. The van der Waals surface area contributed by atoms with Gasteiger partial charge in [-0.1, -0.05) is 6.58 Å². The summed E-state index contributed by atoms with van der Waals surface area (Å²) in [5, 5.41) is 2.19. The van der Waals surface area contributed by atoms with Gasteiger partial charge in [0.1, 0.15) is 5.84 Å². The highest BCUT2D eigenvalue weighted by atomic mass is 19.4. The van der Waals surface area contributed by atoms with Gasteiger partial charge in [-0.05, 0) is 13.6 Å². The van der Waals surface area contributed by atoms with Crippen LogP contribution in [0.25, 0.3) is 0 Å². The van der Waals surface area contributed by atoms with Crippen LogP contribution in [0.1, 0.15) is 6.92 Å². The molecular weight excluding hydrogens is 235 g/mol. The van der Waals surface area contributed by atoms with Crippen molar-refractivity contribution in [1.29, 1.82) is 0 Å². The Balaban J connectivity index is 4.44. The van der Waals surface area contributed by atoms with Crippen LogP contribution < -0.4 is 5.32 Å². The summed E-state index contributed by atoms with van der Waals surface area (Å²) in [4.78, 5) is 18.2. The minimum Gasteiger partial charge on any atom is -0.345 e. The predicted octanol–water partition coefficient (Wildman–Crippen LogP) is 1.85. The van der Waals surface area contributed by atoms with Crippen molar-refractivity contribution in [3.05, 3.63) is 24.4 Å². The summed E-state index contributed by atoms with van der Waals surface area (Å²) >= 11 is 0. The maximum Gasteiger partial charge on any atom is 0.412 e. The zero-order valence-corrected chi connectivity index (χ0v) is 9.21. The van der Waals surface area contributed by atoms with Gasteiger partial charge < -0.3 is 5.32 Å². The number of rotatable bonds is 4. The van der Waals surface area contributed by atoms with Gasteiger partial charge in [0.15, 0.2) is 0 Å². The molecule has 17 heavy (non-hydrogen) atoms. The predicted molar refractivity (Wildman–Crippen MR) is 60.0 cm³/mol. The van der Waals surface area contributed by atoms with Crippen LogP contribution in [-0.4, -0.2) is 31.2 Å². The molecular formula is C10H12F3N3O. The van der Waals surface area contributed by atoms with Crippen LogP contribution in [0.4, 0.5) is 13.2 Å². The quantitative estimate of drug-likeness (QED) is 0.460. The number of carbonyl (C=O) groups excluding carboxylic acids is 1. The molecule has 0 heterocycles. The molecule has 0 aliphatic rings. The topological polar surface area (TPSA) is 53.8 Å². The van der Waals surface area contributed by atoms with Crippen LogP contribution in [0, 0.1) is 0 Å². The summed E-state index contributed by atoms with van der Waals surface area (Å²) in [7, 11) is 0. The number of alkyl halides is 3. The highest BCUT2D eigenvalue weighted by Gasteiger charge is 2.30. The standard InChI is InChI=1S/C10H12F3N3O/c1-4-15-8(14-3)6-16-9(17)5-7(2)10(11,12)13/h4-5H,1,3,6H2,2H3,(H,16,17)/b7-5+,15-8-. The summed E-state index contributed by atoms with van der Waals surface area (Å²) in [6.07, 6.45) is -2.85. The average molecular weight is 247 g/mol. The first-order chi connectivity index (χ1) is 7.81. The van der Waals surface area contributed by atoms with Crippen LogP contribution in [0.2, 0.25) is 0 Å². The van der Waals surface area contributed by atoms with Crippen LogP contribution in [0.5, 0.6) is 0 Å². The van der Waals surface area contributed by atoms with Gasteiger partial charge in [-0.2, -0.15) is 13.2 Å². The van der Waals surface area contributed by atoms with Crippen molar-refractivity contribution in [3.63, 3.8) is 0 Å². The van der Waals surface area contributed by atoms with Crippen molar-refractivity contribution in [3.8, 4) is 0 Å². The molecule has 0 rings (SSSR count). The van der Waals surface area contributed by atoms with E-state index in [0.717, 1.165) is 6.92 Å². The van der Waals surface area contributed by atoms with Crippen molar-refractivity contribution in [2.75, 3.05) is 6.54 Å². The van der Waals surface area contributed by atoms with Gasteiger partial charge in [0.05, 0.1) is 6.54 Å². The maximum atomic E-state index is 12.1. The van der Waals surface area contributed by atoms with Crippen LogP contribution >= 0.6 is 0 Å². The molecule has 0 atom stereocenters. The van der Waals surface area contributed by atoms with E-state index >= 15 is 0 Å². The second-order valence-corrected chi connectivity index (χ2v) is 2.93. The monoisotopic (exact) mass is 247 g/mol. The van der Waals surface area contributed by atoms with E-state index in [1.54, 1.807) is 0 Å². The van der Waals surface area contributed by atoms with Gasteiger partial charge in [-0.3, -0.25) is 4.79 Å². The number of allylic oxidation sites excluding steroid dienone is 1. The lowest BCUT2D eigenvalue weighted by atomic mass is 10.2. The van der Waals surface area contributed by atoms with Crippen LogP contribution in [-0.2, 0) is 4.79 Å². The third kappa shape index (κ3) is 6.29. The summed E-state index contributed by atoms with van der Waals surface area (Å²) in [5.41, 5.74) is -0.983. The number of carbonyl (C=O) groups is 1. The summed E-state index contributed by atoms with van der Waals surface area (Å²) < 4.78 is 36.2. The van der Waals surface area contributed by atoms with E-state index in [1.165, 1.54) is 6.20 Å². The van der Waals surface area contributed by atoms with Crippen molar-refractivity contribution in [2.24, 2.45) is 9.98 Å². The molecule has 1 N–H and O–H groups in total. The van der Waals surface area contributed by atoms with Crippen LogP contribution in [0.15, 0.2) is 34.4 Å². The molecule has 0 aliphatic heterocycles. The molecule has 0 spiro atoms. The van der Waals surface area contributed by atoms with E-state index in [1.807, 2.05) is 0 Å². The molecule has 4 nitrogen and oxygen atoms in total. The molecule has 0 aromatic heterocycles. The average Bonchev–Trinajstić information content (AvgIpc) is 2.22. The maximum absolute atomic E-state index is 12.1. The fourth-order valence-electron chi connectivity index (χ4n) is 0.743. The largest absolute Gasteiger partial charge is 0.412 e. The van der Waals surface area contributed by atoms with Gasteiger partial charge >= 0.3 is 6.18 Å². The van der Waals surface area contributed by atoms with E-state index in [9.17, 15) is 18.0 Å². The number of halogens is 3. The highest BCUT2D eigenvalue weighted by molar-refractivity contribution is 5.94. The van der Waals surface area contributed by atoms with Crippen molar-refractivity contribution in [2.45, 2.75) is 13.1 Å². The number of nitrogens with one attached hydrogen (secondary N) is 1. The fraction of sp³-hybridized carbons (Fsp3) is 0.300. The number of nitrogens with zero attached hydrogens (tertiary/aromatic N) is 2.